The largest absolute Gasteiger partial charge is 0.296 e. The molecule has 0 spiro atoms. The maximum Gasteiger partial charge on any atom is 0.168 e. The summed E-state index contributed by atoms with van der Waals surface area (Å²) in [6.45, 7) is 0. The highest BCUT2D eigenvalue weighted by Crippen LogP contribution is 2.28. The maximum absolute atomic E-state index is 10.8. The van der Waals surface area contributed by atoms with Gasteiger partial charge in [0.15, 0.2) is 6.29 Å². The van der Waals surface area contributed by atoms with Gasteiger partial charge in [0, 0.05) is 22.3 Å². The average molecular weight is 313 g/mol. The number of aromatic nitrogens is 2. The van der Waals surface area contributed by atoms with Gasteiger partial charge in [-0.15, -0.1) is 0 Å². The number of hydrogen-bond acceptors (Lipinski definition) is 3. The first-order valence-electron chi connectivity index (χ1n) is 5.74. The fourth-order valence-electron chi connectivity index (χ4n) is 1.99. The van der Waals surface area contributed by atoms with Crippen molar-refractivity contribution in [1.82, 2.24) is 9.97 Å². The predicted molar refractivity (Wildman–Crippen MR) is 78.1 cm³/mol. The van der Waals surface area contributed by atoms with Gasteiger partial charge in [-0.1, -0.05) is 22.0 Å². The second kappa shape index (κ2) is 4.90. The number of carbonyl (C=O) groups is 1. The Balaban J connectivity index is 2.22. The summed E-state index contributed by atoms with van der Waals surface area (Å²) in [6, 6.07) is 11.6. The molecular formula is C15H9BrN2O. The lowest BCUT2D eigenvalue weighted by molar-refractivity contribution is 0.111. The van der Waals surface area contributed by atoms with Crippen LogP contribution in [0.15, 0.2) is 53.3 Å². The number of rotatable bonds is 2. The summed E-state index contributed by atoms with van der Waals surface area (Å²) in [5.74, 6) is 0. The molecule has 0 aliphatic carbocycles. The Morgan fingerprint density at radius 1 is 1.00 bits per heavy atom. The van der Waals surface area contributed by atoms with Crippen molar-refractivity contribution in [3.63, 3.8) is 0 Å². The summed E-state index contributed by atoms with van der Waals surface area (Å²) in [7, 11) is 0. The molecule has 1 aromatic carbocycles. The number of aldehydes is 1. The smallest absolute Gasteiger partial charge is 0.168 e. The first-order chi connectivity index (χ1) is 9.28. The van der Waals surface area contributed by atoms with Crippen LogP contribution in [-0.2, 0) is 0 Å². The first-order valence-corrected chi connectivity index (χ1v) is 6.53. The molecule has 0 aliphatic rings. The van der Waals surface area contributed by atoms with E-state index in [9.17, 15) is 4.79 Å². The number of halogens is 1. The Morgan fingerprint density at radius 3 is 2.53 bits per heavy atom. The van der Waals surface area contributed by atoms with Crippen molar-refractivity contribution in [2.45, 2.75) is 0 Å². The van der Waals surface area contributed by atoms with Crippen LogP contribution in [0.1, 0.15) is 10.5 Å². The minimum atomic E-state index is 0.427. The lowest BCUT2D eigenvalue weighted by atomic mass is 10.0. The van der Waals surface area contributed by atoms with Gasteiger partial charge in [0.2, 0.25) is 0 Å². The third-order valence-electron chi connectivity index (χ3n) is 2.91. The van der Waals surface area contributed by atoms with E-state index in [4.69, 9.17) is 0 Å². The molecule has 2 aromatic heterocycles. The van der Waals surface area contributed by atoms with E-state index in [-0.39, 0.29) is 0 Å². The Kier molecular flexibility index (Phi) is 3.09. The van der Waals surface area contributed by atoms with E-state index >= 15 is 0 Å². The number of benzene rings is 1. The van der Waals surface area contributed by atoms with Crippen LogP contribution < -0.4 is 0 Å². The first kappa shape index (κ1) is 12.0. The minimum Gasteiger partial charge on any atom is -0.296 e. The molecule has 0 aliphatic heterocycles. The number of carbonyl (C=O) groups excluding carboxylic acids is 1. The van der Waals surface area contributed by atoms with Crippen LogP contribution >= 0.6 is 15.9 Å². The monoisotopic (exact) mass is 312 g/mol. The van der Waals surface area contributed by atoms with Gasteiger partial charge >= 0.3 is 0 Å². The SMILES string of the molecule is O=Cc1cc(Br)c2cc(-c3ccncc3)ccc2n1. The molecule has 0 bridgehead atoms. The molecule has 0 fully saturated rings. The van der Waals surface area contributed by atoms with Crippen molar-refractivity contribution in [2.24, 2.45) is 0 Å². The molecule has 19 heavy (non-hydrogen) atoms. The van der Waals surface area contributed by atoms with E-state index in [0.29, 0.717) is 5.69 Å². The van der Waals surface area contributed by atoms with E-state index in [1.165, 1.54) is 0 Å². The summed E-state index contributed by atoms with van der Waals surface area (Å²) in [6.07, 6.45) is 4.28. The highest BCUT2D eigenvalue weighted by molar-refractivity contribution is 9.10. The van der Waals surface area contributed by atoms with Gasteiger partial charge in [0.05, 0.1) is 5.52 Å². The van der Waals surface area contributed by atoms with Crippen molar-refractivity contribution in [1.29, 1.82) is 0 Å². The zero-order valence-corrected chi connectivity index (χ0v) is 11.5. The molecule has 2 heterocycles. The highest BCUT2D eigenvalue weighted by Gasteiger charge is 2.05. The third kappa shape index (κ3) is 2.27. The lowest BCUT2D eigenvalue weighted by Gasteiger charge is -2.05. The number of nitrogens with zero attached hydrogens (tertiary/aromatic N) is 2. The molecule has 0 radical (unpaired) electrons. The molecule has 0 unspecified atom stereocenters. The second-order valence-corrected chi connectivity index (χ2v) is 4.97. The van der Waals surface area contributed by atoms with Crippen LogP contribution in [0, 0.1) is 0 Å². The maximum atomic E-state index is 10.8. The third-order valence-corrected chi connectivity index (χ3v) is 3.57. The van der Waals surface area contributed by atoms with Crippen molar-refractivity contribution in [2.75, 3.05) is 0 Å². The quantitative estimate of drug-likeness (QED) is 0.675. The van der Waals surface area contributed by atoms with Crippen LogP contribution in [0.3, 0.4) is 0 Å². The van der Waals surface area contributed by atoms with Crippen LogP contribution in [0.25, 0.3) is 22.0 Å². The van der Waals surface area contributed by atoms with E-state index in [1.807, 2.05) is 24.3 Å². The normalized spacial score (nSPS) is 10.6. The summed E-state index contributed by atoms with van der Waals surface area (Å²) >= 11 is 3.48. The van der Waals surface area contributed by atoms with Crippen molar-refractivity contribution in [3.8, 4) is 11.1 Å². The van der Waals surface area contributed by atoms with E-state index in [0.717, 1.165) is 32.8 Å². The Hall–Kier alpha value is -2.07. The summed E-state index contributed by atoms with van der Waals surface area (Å²) in [5, 5.41) is 0.986. The van der Waals surface area contributed by atoms with Crippen molar-refractivity contribution >= 4 is 33.1 Å². The zero-order chi connectivity index (χ0) is 13.2. The zero-order valence-electron chi connectivity index (χ0n) is 9.88. The molecule has 0 saturated heterocycles. The molecule has 3 rings (SSSR count). The number of hydrogen-bond donors (Lipinski definition) is 0. The molecule has 92 valence electrons. The number of fused-ring (bicyclic) bond motifs is 1. The van der Waals surface area contributed by atoms with Gasteiger partial charge in [-0.2, -0.15) is 0 Å². The molecule has 3 aromatic rings. The summed E-state index contributed by atoms with van der Waals surface area (Å²) in [5.41, 5.74) is 3.42. The van der Waals surface area contributed by atoms with Crippen LogP contribution in [0.4, 0.5) is 0 Å². The van der Waals surface area contributed by atoms with Gasteiger partial charge in [-0.3, -0.25) is 9.78 Å². The second-order valence-electron chi connectivity index (χ2n) is 4.11. The van der Waals surface area contributed by atoms with Crippen LogP contribution in [0.5, 0.6) is 0 Å². The van der Waals surface area contributed by atoms with Gasteiger partial charge in [-0.25, -0.2) is 4.98 Å². The van der Waals surface area contributed by atoms with Gasteiger partial charge in [0.1, 0.15) is 5.69 Å². The molecule has 0 amide bonds. The lowest BCUT2D eigenvalue weighted by Crippen LogP contribution is -1.89. The summed E-state index contributed by atoms with van der Waals surface area (Å²) in [4.78, 5) is 19.1. The topological polar surface area (TPSA) is 42.9 Å². The molecule has 3 nitrogen and oxygen atoms in total. The summed E-state index contributed by atoms with van der Waals surface area (Å²) < 4.78 is 0.871. The van der Waals surface area contributed by atoms with Crippen molar-refractivity contribution in [3.05, 3.63) is 59.0 Å². The minimum absolute atomic E-state index is 0.427. The predicted octanol–water partition coefficient (Wildman–Crippen LogP) is 3.87. The Bertz CT molecular complexity index is 757. The molecular weight excluding hydrogens is 304 g/mol. The molecule has 4 heteroatoms. The molecule has 0 saturated carbocycles. The van der Waals surface area contributed by atoms with Crippen LogP contribution in [-0.4, -0.2) is 16.3 Å². The van der Waals surface area contributed by atoms with E-state index in [2.05, 4.69) is 32.0 Å². The van der Waals surface area contributed by atoms with Crippen molar-refractivity contribution < 1.29 is 4.79 Å². The van der Waals surface area contributed by atoms with E-state index < -0.39 is 0 Å². The van der Waals surface area contributed by atoms with Gasteiger partial charge in [0.25, 0.3) is 0 Å². The van der Waals surface area contributed by atoms with Crippen LogP contribution in [0.2, 0.25) is 0 Å². The number of pyridine rings is 2. The van der Waals surface area contributed by atoms with E-state index in [1.54, 1.807) is 18.5 Å². The molecule has 0 N–H and O–H groups in total. The fraction of sp³-hybridized carbons (Fsp3) is 0. The standard InChI is InChI=1S/C15H9BrN2O/c16-14-8-12(9-19)18-15-2-1-11(7-13(14)15)10-3-5-17-6-4-10/h1-9H. The Morgan fingerprint density at radius 2 is 1.79 bits per heavy atom. The van der Waals surface area contributed by atoms with Gasteiger partial charge < -0.3 is 0 Å². The Labute approximate surface area is 118 Å². The average Bonchev–Trinajstić information content (AvgIpc) is 2.47. The van der Waals surface area contributed by atoms with Gasteiger partial charge in [-0.05, 0) is 41.5 Å². The highest BCUT2D eigenvalue weighted by atomic mass is 79.9. The fourth-order valence-corrected chi connectivity index (χ4v) is 2.54. The molecule has 0 atom stereocenters.